The molecule has 1 N–H and O–H groups in total. The molecule has 0 spiro atoms. The zero-order valence-corrected chi connectivity index (χ0v) is 22.8. The number of aliphatic hydroxyl groups excluding tert-OH is 1. The van der Waals surface area contributed by atoms with Crippen molar-refractivity contribution < 1.29 is 22.9 Å². The minimum atomic E-state index is -4.32. The van der Waals surface area contributed by atoms with Crippen LogP contribution in [0.4, 0.5) is 0 Å². The van der Waals surface area contributed by atoms with E-state index in [1.54, 1.807) is 4.90 Å². The average Bonchev–Trinajstić information content (AvgIpc) is 3.43. The SMILES string of the molecule is C[C@H](CCC(=O)N1CC[C@H](S(=O)(=O)[O-])C1)[C@H]1CC[C@H]2[C@@H]3CC[C@@H]4C[C@H](O)CC[C@]4(C)[C@H]3CC[C@]12C. The molecule has 4 aliphatic carbocycles. The van der Waals surface area contributed by atoms with Crippen LogP contribution < -0.4 is 0 Å². The van der Waals surface area contributed by atoms with Gasteiger partial charge in [0.05, 0.1) is 21.5 Å². The number of likely N-dealkylation sites (tertiary alicyclic amines) is 1. The number of hydrogen-bond donors (Lipinski definition) is 1. The van der Waals surface area contributed by atoms with Gasteiger partial charge in [-0.1, -0.05) is 20.8 Å². The molecule has 0 radical (unpaired) electrons. The second-order valence-corrected chi connectivity index (χ2v) is 15.2. The van der Waals surface area contributed by atoms with Crippen LogP contribution in [0.2, 0.25) is 0 Å². The van der Waals surface area contributed by atoms with Gasteiger partial charge in [-0.05, 0) is 117 Å². The molecule has 0 aromatic carbocycles. The Labute approximate surface area is 212 Å². The summed E-state index contributed by atoms with van der Waals surface area (Å²) in [7, 11) is -4.32. The molecule has 1 amide bonds. The molecule has 5 rings (SSSR count). The average molecular weight is 509 g/mol. The molecule has 6 nitrogen and oxygen atoms in total. The lowest BCUT2D eigenvalue weighted by Gasteiger charge is -2.61. The Hall–Kier alpha value is -0.660. The van der Waals surface area contributed by atoms with Crippen molar-refractivity contribution >= 4 is 16.0 Å². The molecule has 5 fully saturated rings. The molecule has 0 unspecified atom stereocenters. The molecule has 1 aliphatic heterocycles. The summed E-state index contributed by atoms with van der Waals surface area (Å²) in [5.74, 6) is 4.24. The van der Waals surface area contributed by atoms with E-state index >= 15 is 0 Å². The predicted octanol–water partition coefficient (Wildman–Crippen LogP) is 4.57. The first-order valence-corrected chi connectivity index (χ1v) is 15.8. The summed E-state index contributed by atoms with van der Waals surface area (Å²) in [6.07, 6.45) is 12.5. The molecule has 0 aromatic heterocycles. The van der Waals surface area contributed by atoms with Gasteiger partial charge in [0, 0.05) is 19.5 Å². The van der Waals surface area contributed by atoms with E-state index in [2.05, 4.69) is 20.8 Å². The fraction of sp³-hybridized carbons (Fsp3) is 0.964. The number of rotatable bonds is 5. The number of aliphatic hydroxyl groups is 1. The third-order valence-corrected chi connectivity index (χ3v) is 13.3. The molecular weight excluding hydrogens is 462 g/mol. The maximum absolute atomic E-state index is 12.8. The minimum Gasteiger partial charge on any atom is -0.748 e. The van der Waals surface area contributed by atoms with Crippen molar-refractivity contribution in [3.8, 4) is 0 Å². The Kier molecular flexibility index (Phi) is 6.88. The highest BCUT2D eigenvalue weighted by molar-refractivity contribution is 7.86. The molecule has 35 heavy (non-hydrogen) atoms. The predicted molar refractivity (Wildman–Crippen MR) is 134 cm³/mol. The van der Waals surface area contributed by atoms with Crippen LogP contribution >= 0.6 is 0 Å². The van der Waals surface area contributed by atoms with Crippen LogP contribution in [0.15, 0.2) is 0 Å². The summed E-state index contributed by atoms with van der Waals surface area (Å²) in [6, 6.07) is 0. The van der Waals surface area contributed by atoms with Gasteiger partial charge in [-0.15, -0.1) is 0 Å². The van der Waals surface area contributed by atoms with E-state index in [1.165, 1.54) is 44.9 Å². The Morgan fingerprint density at radius 1 is 1.03 bits per heavy atom. The first-order chi connectivity index (χ1) is 16.4. The summed E-state index contributed by atoms with van der Waals surface area (Å²) >= 11 is 0. The lowest BCUT2D eigenvalue weighted by Crippen LogP contribution is -2.54. The zero-order chi connectivity index (χ0) is 25.2. The molecule has 1 saturated heterocycles. The number of fused-ring (bicyclic) bond motifs is 5. The van der Waals surface area contributed by atoms with Crippen LogP contribution in [-0.4, -0.2) is 53.3 Å². The van der Waals surface area contributed by atoms with Crippen molar-refractivity contribution in [1.29, 1.82) is 0 Å². The van der Waals surface area contributed by atoms with Gasteiger partial charge in [-0.2, -0.15) is 0 Å². The van der Waals surface area contributed by atoms with Crippen molar-refractivity contribution in [2.45, 2.75) is 109 Å². The fourth-order valence-corrected chi connectivity index (χ4v) is 10.9. The third-order valence-electron chi connectivity index (χ3n) is 12.1. The van der Waals surface area contributed by atoms with Gasteiger partial charge in [-0.3, -0.25) is 4.79 Å². The molecule has 1 heterocycles. The normalized spacial score (nSPS) is 46.5. The molecule has 200 valence electrons. The molecule has 5 aliphatic rings. The van der Waals surface area contributed by atoms with Crippen LogP contribution in [0.3, 0.4) is 0 Å². The smallest absolute Gasteiger partial charge is 0.222 e. The number of nitrogens with zero attached hydrogens (tertiary/aromatic N) is 1. The topological polar surface area (TPSA) is 97.7 Å². The Morgan fingerprint density at radius 3 is 2.46 bits per heavy atom. The highest BCUT2D eigenvalue weighted by Gasteiger charge is 2.60. The summed E-state index contributed by atoms with van der Waals surface area (Å²) in [6.45, 7) is 7.88. The maximum Gasteiger partial charge on any atom is 0.222 e. The Bertz CT molecular complexity index is 922. The lowest BCUT2D eigenvalue weighted by atomic mass is 9.44. The summed E-state index contributed by atoms with van der Waals surface area (Å²) < 4.78 is 34.0. The van der Waals surface area contributed by atoms with Crippen molar-refractivity contribution in [2.24, 2.45) is 46.3 Å². The molecule has 0 aromatic rings. The largest absolute Gasteiger partial charge is 0.748 e. The molecule has 0 bridgehead atoms. The highest BCUT2D eigenvalue weighted by Crippen LogP contribution is 2.68. The molecular formula is C28H46NO5S-. The van der Waals surface area contributed by atoms with Crippen molar-refractivity contribution in [1.82, 2.24) is 4.90 Å². The van der Waals surface area contributed by atoms with Gasteiger partial charge < -0.3 is 14.6 Å². The second kappa shape index (κ2) is 9.27. The van der Waals surface area contributed by atoms with Crippen molar-refractivity contribution in [3.05, 3.63) is 0 Å². The molecule has 4 saturated carbocycles. The number of amides is 1. The van der Waals surface area contributed by atoms with Gasteiger partial charge in [0.1, 0.15) is 0 Å². The van der Waals surface area contributed by atoms with Gasteiger partial charge >= 0.3 is 0 Å². The van der Waals surface area contributed by atoms with E-state index in [0.717, 1.165) is 37.0 Å². The van der Waals surface area contributed by atoms with E-state index in [-0.39, 0.29) is 25.0 Å². The van der Waals surface area contributed by atoms with Gasteiger partial charge in [-0.25, -0.2) is 8.42 Å². The van der Waals surface area contributed by atoms with Crippen LogP contribution in [0.5, 0.6) is 0 Å². The van der Waals surface area contributed by atoms with Crippen molar-refractivity contribution in [3.63, 3.8) is 0 Å². The van der Waals surface area contributed by atoms with Gasteiger partial charge in [0.2, 0.25) is 5.91 Å². The summed E-state index contributed by atoms with van der Waals surface area (Å²) in [5, 5.41) is 9.35. The van der Waals surface area contributed by atoms with E-state index < -0.39 is 15.4 Å². The maximum atomic E-state index is 12.8. The van der Waals surface area contributed by atoms with E-state index in [9.17, 15) is 22.9 Å². The van der Waals surface area contributed by atoms with E-state index in [0.29, 0.717) is 41.5 Å². The highest BCUT2D eigenvalue weighted by atomic mass is 32.2. The first-order valence-electron chi connectivity index (χ1n) is 14.3. The summed E-state index contributed by atoms with van der Waals surface area (Å²) in [5.41, 5.74) is 0.765. The first kappa shape index (κ1) is 26.0. The zero-order valence-electron chi connectivity index (χ0n) is 22.0. The van der Waals surface area contributed by atoms with Crippen LogP contribution in [-0.2, 0) is 14.9 Å². The standard InChI is InChI=1S/C28H47NO5S/c1-18(4-9-26(31)29-15-12-21(17-29)35(32,33)34)23-7-8-24-22-6-5-19-16-20(30)10-13-27(19,2)25(22)11-14-28(23,24)3/h18-25,30H,4-17H2,1-3H3,(H,32,33,34)/p-1/t18-,19-,20-,21+,22+,23-,24+,25+,27+,28-/m1/s1. The van der Waals surface area contributed by atoms with Crippen LogP contribution in [0.1, 0.15) is 97.8 Å². The quantitative estimate of drug-likeness (QED) is 0.549. The van der Waals surface area contributed by atoms with Gasteiger partial charge in [0.25, 0.3) is 0 Å². The Balaban J connectivity index is 1.20. The number of carbonyl (C=O) groups excluding carboxylic acids is 1. The van der Waals surface area contributed by atoms with Crippen molar-refractivity contribution in [2.75, 3.05) is 13.1 Å². The van der Waals surface area contributed by atoms with Crippen LogP contribution in [0.25, 0.3) is 0 Å². The summed E-state index contributed by atoms with van der Waals surface area (Å²) in [4.78, 5) is 14.4. The monoisotopic (exact) mass is 508 g/mol. The second-order valence-electron chi connectivity index (χ2n) is 13.6. The number of hydrogen-bond acceptors (Lipinski definition) is 5. The number of carbonyl (C=O) groups is 1. The molecule has 10 atom stereocenters. The van der Waals surface area contributed by atoms with E-state index in [1.807, 2.05) is 0 Å². The van der Waals surface area contributed by atoms with Crippen LogP contribution in [0, 0.1) is 46.3 Å². The fourth-order valence-electron chi connectivity index (χ4n) is 10.1. The molecule has 7 heteroatoms. The van der Waals surface area contributed by atoms with Gasteiger partial charge in [0.15, 0.2) is 0 Å². The Morgan fingerprint density at radius 2 is 1.74 bits per heavy atom. The van der Waals surface area contributed by atoms with E-state index in [4.69, 9.17) is 0 Å². The third kappa shape index (κ3) is 4.50. The minimum absolute atomic E-state index is 0.0112. The lowest BCUT2D eigenvalue weighted by molar-refractivity contribution is -0.132.